The number of rotatable bonds is 7. The van der Waals surface area contributed by atoms with E-state index in [1.807, 2.05) is 63.2 Å². The number of nitrogens with one attached hydrogen (secondary N) is 1. The van der Waals surface area contributed by atoms with E-state index in [1.165, 1.54) is 0 Å². The van der Waals surface area contributed by atoms with Crippen LogP contribution in [0.5, 0.6) is 0 Å². The van der Waals surface area contributed by atoms with Crippen LogP contribution < -0.4 is 5.32 Å². The molecule has 1 atom stereocenters. The quantitative estimate of drug-likeness (QED) is 0.445. The summed E-state index contributed by atoms with van der Waals surface area (Å²) in [6, 6.07) is 25.0. The summed E-state index contributed by atoms with van der Waals surface area (Å²) < 4.78 is 11.9. The number of alkyl carbamates (subject to hydrolysis) is 1. The Kier molecular flexibility index (Phi) is 6.44. The van der Waals surface area contributed by atoms with E-state index < -0.39 is 29.8 Å². The number of amides is 1. The highest BCUT2D eigenvalue weighted by Gasteiger charge is 2.42. The van der Waals surface area contributed by atoms with Crippen molar-refractivity contribution in [2.75, 3.05) is 6.61 Å². The predicted octanol–water partition coefficient (Wildman–Crippen LogP) is 5.67. The number of carbonyl (C=O) groups is 2. The van der Waals surface area contributed by atoms with Crippen molar-refractivity contribution in [3.63, 3.8) is 0 Å². The zero-order valence-electron chi connectivity index (χ0n) is 19.6. The van der Waals surface area contributed by atoms with Crippen molar-refractivity contribution in [2.24, 2.45) is 0 Å². The third kappa shape index (κ3) is 4.97. The molecule has 6 nitrogen and oxygen atoms in total. The maximum atomic E-state index is 13.1. The fourth-order valence-corrected chi connectivity index (χ4v) is 4.58. The monoisotopic (exact) mass is 459 g/mol. The molecule has 34 heavy (non-hydrogen) atoms. The third-order valence-electron chi connectivity index (χ3n) is 5.77. The van der Waals surface area contributed by atoms with E-state index >= 15 is 0 Å². The van der Waals surface area contributed by atoms with Crippen molar-refractivity contribution in [3.8, 4) is 11.1 Å². The van der Waals surface area contributed by atoms with Crippen LogP contribution in [-0.2, 0) is 20.0 Å². The second kappa shape index (κ2) is 9.31. The molecule has 3 aromatic rings. The number of benzene rings is 3. The van der Waals surface area contributed by atoms with E-state index in [0.29, 0.717) is 5.56 Å². The predicted molar refractivity (Wildman–Crippen MR) is 129 cm³/mol. The highest BCUT2D eigenvalue weighted by Crippen LogP contribution is 2.44. The van der Waals surface area contributed by atoms with Gasteiger partial charge in [-0.05, 0) is 43.0 Å². The lowest BCUT2D eigenvalue weighted by atomic mass is 9.97. The van der Waals surface area contributed by atoms with Crippen LogP contribution in [0.15, 0.2) is 78.9 Å². The molecule has 176 valence electrons. The zero-order chi connectivity index (χ0) is 24.3. The highest BCUT2D eigenvalue weighted by atomic mass is 16.6. The molecule has 3 aromatic carbocycles. The molecule has 0 heterocycles. The smallest absolute Gasteiger partial charge is 0.409 e. The summed E-state index contributed by atoms with van der Waals surface area (Å²) in [4.78, 5) is 24.9. The molecule has 0 radical (unpaired) electrons. The van der Waals surface area contributed by atoms with Crippen molar-refractivity contribution in [1.29, 1.82) is 0 Å². The van der Waals surface area contributed by atoms with Gasteiger partial charge < -0.3 is 14.6 Å². The van der Waals surface area contributed by atoms with Gasteiger partial charge >= 0.3 is 12.1 Å². The normalized spacial score (nSPS) is 14.6. The highest BCUT2D eigenvalue weighted by molar-refractivity contribution is 5.79. The SMILES string of the molecule is CC(C)(C)OC(CC(=O)O)(NC(=O)OCC1c2ccccc2-c2ccccc21)c1ccccc1. The van der Waals surface area contributed by atoms with Crippen molar-refractivity contribution >= 4 is 12.1 Å². The van der Waals surface area contributed by atoms with Crippen LogP contribution in [-0.4, -0.2) is 29.4 Å². The number of fused-ring (bicyclic) bond motifs is 3. The molecule has 1 amide bonds. The second-order valence-electron chi connectivity index (χ2n) is 9.43. The van der Waals surface area contributed by atoms with Gasteiger partial charge in [-0.15, -0.1) is 0 Å². The summed E-state index contributed by atoms with van der Waals surface area (Å²) >= 11 is 0. The Bertz CT molecular complexity index is 1140. The summed E-state index contributed by atoms with van der Waals surface area (Å²) in [5.41, 5.74) is 2.67. The summed E-state index contributed by atoms with van der Waals surface area (Å²) in [7, 11) is 0. The molecule has 4 rings (SSSR count). The van der Waals surface area contributed by atoms with Gasteiger partial charge in [0.2, 0.25) is 0 Å². The fourth-order valence-electron chi connectivity index (χ4n) is 4.58. The number of carbonyl (C=O) groups excluding carboxylic acids is 1. The van der Waals surface area contributed by atoms with E-state index in [9.17, 15) is 14.7 Å². The van der Waals surface area contributed by atoms with E-state index in [1.54, 1.807) is 24.3 Å². The average molecular weight is 460 g/mol. The number of aliphatic carboxylic acids is 1. The average Bonchev–Trinajstić information content (AvgIpc) is 3.10. The molecule has 0 bridgehead atoms. The summed E-state index contributed by atoms with van der Waals surface area (Å²) in [6.07, 6.45) is -1.20. The van der Waals surface area contributed by atoms with Gasteiger partial charge in [0.15, 0.2) is 5.72 Å². The molecular formula is C28H29NO5. The second-order valence-corrected chi connectivity index (χ2v) is 9.43. The van der Waals surface area contributed by atoms with Crippen LogP contribution in [0, 0.1) is 0 Å². The molecule has 0 saturated carbocycles. The molecular weight excluding hydrogens is 430 g/mol. The Hall–Kier alpha value is -3.64. The lowest BCUT2D eigenvalue weighted by Gasteiger charge is -2.39. The molecule has 0 saturated heterocycles. The van der Waals surface area contributed by atoms with Crippen LogP contribution in [0.4, 0.5) is 4.79 Å². The minimum absolute atomic E-state index is 0.104. The molecule has 1 unspecified atom stereocenters. The number of hydrogen-bond acceptors (Lipinski definition) is 4. The van der Waals surface area contributed by atoms with Gasteiger partial charge in [0.05, 0.1) is 12.0 Å². The van der Waals surface area contributed by atoms with Gasteiger partial charge in [-0.2, -0.15) is 0 Å². The standard InChI is InChI=1S/C28H29NO5/c1-27(2,3)34-28(17-25(30)31,19-11-5-4-6-12-19)29-26(32)33-18-24-22-15-9-7-13-20(22)21-14-8-10-16-23(21)24/h4-16,24H,17-18H2,1-3H3,(H,29,32)(H,30,31). The fraction of sp³-hybridized carbons (Fsp3) is 0.286. The lowest BCUT2D eigenvalue weighted by Crippen LogP contribution is -2.53. The minimum Gasteiger partial charge on any atom is -0.481 e. The van der Waals surface area contributed by atoms with Gasteiger partial charge in [-0.25, -0.2) is 4.79 Å². The Balaban J connectivity index is 1.59. The first-order valence-electron chi connectivity index (χ1n) is 11.3. The zero-order valence-corrected chi connectivity index (χ0v) is 19.6. The summed E-state index contributed by atoms with van der Waals surface area (Å²) in [6.45, 7) is 5.55. The Morgan fingerprint density at radius 2 is 1.38 bits per heavy atom. The Morgan fingerprint density at radius 3 is 1.91 bits per heavy atom. The van der Waals surface area contributed by atoms with Crippen molar-refractivity contribution in [3.05, 3.63) is 95.6 Å². The maximum Gasteiger partial charge on any atom is 0.409 e. The van der Waals surface area contributed by atoms with E-state index in [4.69, 9.17) is 9.47 Å². The molecule has 0 spiro atoms. The van der Waals surface area contributed by atoms with Gasteiger partial charge in [0, 0.05) is 11.5 Å². The molecule has 0 aliphatic heterocycles. The van der Waals surface area contributed by atoms with Crippen molar-refractivity contribution < 1.29 is 24.2 Å². The Labute approximate surface area is 199 Å². The third-order valence-corrected chi connectivity index (χ3v) is 5.77. The van der Waals surface area contributed by atoms with Crippen LogP contribution >= 0.6 is 0 Å². The molecule has 1 aliphatic carbocycles. The van der Waals surface area contributed by atoms with E-state index in [0.717, 1.165) is 22.3 Å². The molecule has 1 aliphatic rings. The van der Waals surface area contributed by atoms with Crippen molar-refractivity contribution in [2.45, 2.75) is 44.4 Å². The molecule has 6 heteroatoms. The molecule has 0 aromatic heterocycles. The van der Waals surface area contributed by atoms with Gasteiger partial charge in [-0.3, -0.25) is 10.1 Å². The van der Waals surface area contributed by atoms with E-state index in [-0.39, 0.29) is 12.5 Å². The first-order valence-corrected chi connectivity index (χ1v) is 11.3. The maximum absolute atomic E-state index is 13.1. The number of carboxylic acid groups (broad SMARTS) is 1. The summed E-state index contributed by atoms with van der Waals surface area (Å²) in [5, 5.41) is 12.4. The van der Waals surface area contributed by atoms with E-state index in [2.05, 4.69) is 17.4 Å². The van der Waals surface area contributed by atoms with Crippen LogP contribution in [0.25, 0.3) is 11.1 Å². The van der Waals surface area contributed by atoms with Gasteiger partial charge in [0.1, 0.15) is 6.61 Å². The number of carboxylic acids is 1. The first-order chi connectivity index (χ1) is 16.2. The first kappa shape index (κ1) is 23.5. The summed E-state index contributed by atoms with van der Waals surface area (Å²) in [5.74, 6) is -1.21. The van der Waals surface area contributed by atoms with Gasteiger partial charge in [0.25, 0.3) is 0 Å². The molecule has 0 fully saturated rings. The number of hydrogen-bond donors (Lipinski definition) is 2. The number of ether oxygens (including phenoxy) is 2. The van der Waals surface area contributed by atoms with Crippen LogP contribution in [0.2, 0.25) is 0 Å². The van der Waals surface area contributed by atoms with Crippen molar-refractivity contribution in [1.82, 2.24) is 5.32 Å². The van der Waals surface area contributed by atoms with Gasteiger partial charge in [-0.1, -0.05) is 78.9 Å². The largest absolute Gasteiger partial charge is 0.481 e. The minimum atomic E-state index is -1.59. The lowest BCUT2D eigenvalue weighted by molar-refractivity contribution is -0.172. The topological polar surface area (TPSA) is 84.9 Å². The molecule has 2 N–H and O–H groups in total. The van der Waals surface area contributed by atoms with Crippen LogP contribution in [0.3, 0.4) is 0 Å². The van der Waals surface area contributed by atoms with Crippen LogP contribution in [0.1, 0.15) is 49.8 Å². The Morgan fingerprint density at radius 1 is 0.853 bits per heavy atom.